The van der Waals surface area contributed by atoms with Gasteiger partial charge in [-0.05, 0) is 41.7 Å². The maximum atomic E-state index is 12.1. The van der Waals surface area contributed by atoms with Crippen LogP contribution in [0.1, 0.15) is 33.8 Å². The predicted molar refractivity (Wildman–Crippen MR) is 73.3 cm³/mol. The van der Waals surface area contributed by atoms with Gasteiger partial charge >= 0.3 is 0 Å². The summed E-state index contributed by atoms with van der Waals surface area (Å²) in [5.74, 6) is 0.506. The van der Waals surface area contributed by atoms with Crippen LogP contribution in [0.15, 0.2) is 48.5 Å². The fourth-order valence-electron chi connectivity index (χ4n) is 2.64. The van der Waals surface area contributed by atoms with E-state index in [-0.39, 0.29) is 11.7 Å². The van der Waals surface area contributed by atoms with Crippen molar-refractivity contribution in [3.63, 3.8) is 0 Å². The van der Waals surface area contributed by atoms with E-state index in [2.05, 4.69) is 12.1 Å². The van der Waals surface area contributed by atoms with Gasteiger partial charge in [-0.1, -0.05) is 41.9 Å². The van der Waals surface area contributed by atoms with Crippen molar-refractivity contribution in [1.29, 1.82) is 0 Å². The number of hydrogen-bond acceptors (Lipinski definition) is 1. The Morgan fingerprint density at radius 2 is 1.78 bits per heavy atom. The number of fused-ring (bicyclic) bond motifs is 1. The van der Waals surface area contributed by atoms with Crippen LogP contribution in [-0.4, -0.2) is 5.78 Å². The van der Waals surface area contributed by atoms with Gasteiger partial charge in [0.2, 0.25) is 0 Å². The number of Topliss-reactive ketones (excluding diaryl/α,β-unsaturated/α-hetero) is 1. The fraction of sp³-hybridized carbons (Fsp3) is 0.188. The SMILES string of the molecule is O=C1CC(c2ccccc2)Cc2cc(Cl)ccc21. The van der Waals surface area contributed by atoms with E-state index in [1.807, 2.05) is 30.3 Å². The summed E-state index contributed by atoms with van der Waals surface area (Å²) in [5, 5.41) is 0.704. The van der Waals surface area contributed by atoms with Crippen LogP contribution in [0.25, 0.3) is 0 Å². The molecule has 0 spiro atoms. The molecule has 1 unspecified atom stereocenters. The first-order chi connectivity index (χ1) is 8.74. The minimum atomic E-state index is 0.224. The van der Waals surface area contributed by atoms with Crippen LogP contribution in [0.5, 0.6) is 0 Å². The molecular formula is C16H13ClO. The number of rotatable bonds is 1. The lowest BCUT2D eigenvalue weighted by atomic mass is 9.79. The quantitative estimate of drug-likeness (QED) is 0.745. The van der Waals surface area contributed by atoms with Gasteiger partial charge in [-0.15, -0.1) is 0 Å². The van der Waals surface area contributed by atoms with Gasteiger partial charge in [0, 0.05) is 17.0 Å². The van der Waals surface area contributed by atoms with Gasteiger partial charge < -0.3 is 0 Å². The van der Waals surface area contributed by atoms with Crippen LogP contribution >= 0.6 is 11.6 Å². The van der Waals surface area contributed by atoms with Crippen molar-refractivity contribution in [1.82, 2.24) is 0 Å². The zero-order valence-corrected chi connectivity index (χ0v) is 10.7. The van der Waals surface area contributed by atoms with Crippen LogP contribution in [-0.2, 0) is 6.42 Å². The van der Waals surface area contributed by atoms with E-state index in [4.69, 9.17) is 11.6 Å². The summed E-state index contributed by atoms with van der Waals surface area (Å²) >= 11 is 6.01. The van der Waals surface area contributed by atoms with E-state index in [1.165, 1.54) is 5.56 Å². The zero-order valence-electron chi connectivity index (χ0n) is 9.90. The molecule has 0 fully saturated rings. The highest BCUT2D eigenvalue weighted by Gasteiger charge is 2.25. The van der Waals surface area contributed by atoms with Crippen molar-refractivity contribution >= 4 is 17.4 Å². The highest BCUT2D eigenvalue weighted by molar-refractivity contribution is 6.30. The van der Waals surface area contributed by atoms with E-state index in [9.17, 15) is 4.79 Å². The Bertz CT molecular complexity index is 589. The average Bonchev–Trinajstić information content (AvgIpc) is 2.39. The van der Waals surface area contributed by atoms with Gasteiger partial charge in [0.25, 0.3) is 0 Å². The lowest BCUT2D eigenvalue weighted by Crippen LogP contribution is -2.18. The van der Waals surface area contributed by atoms with E-state index in [1.54, 1.807) is 6.07 Å². The molecule has 1 aliphatic carbocycles. The van der Waals surface area contributed by atoms with Gasteiger partial charge in [-0.2, -0.15) is 0 Å². The molecule has 90 valence electrons. The second-order valence-electron chi connectivity index (χ2n) is 4.74. The molecular weight excluding hydrogens is 244 g/mol. The molecule has 0 bridgehead atoms. The van der Waals surface area contributed by atoms with Gasteiger partial charge in [-0.25, -0.2) is 0 Å². The molecule has 2 aromatic carbocycles. The Hall–Kier alpha value is -1.60. The summed E-state index contributed by atoms with van der Waals surface area (Å²) in [5.41, 5.74) is 3.15. The summed E-state index contributed by atoms with van der Waals surface area (Å²) in [6, 6.07) is 15.8. The van der Waals surface area contributed by atoms with Crippen molar-refractivity contribution < 1.29 is 4.79 Å². The molecule has 0 radical (unpaired) electrons. The summed E-state index contributed by atoms with van der Waals surface area (Å²) in [7, 11) is 0. The summed E-state index contributed by atoms with van der Waals surface area (Å²) in [6.45, 7) is 0. The molecule has 0 saturated carbocycles. The molecule has 3 rings (SSSR count). The monoisotopic (exact) mass is 256 g/mol. The molecule has 0 saturated heterocycles. The Labute approximate surface area is 111 Å². The van der Waals surface area contributed by atoms with Crippen molar-refractivity contribution in [3.8, 4) is 0 Å². The van der Waals surface area contributed by atoms with Gasteiger partial charge in [0.15, 0.2) is 5.78 Å². The Morgan fingerprint density at radius 1 is 1.00 bits per heavy atom. The molecule has 1 atom stereocenters. The molecule has 2 heteroatoms. The lowest BCUT2D eigenvalue weighted by Gasteiger charge is -2.24. The Kier molecular flexibility index (Phi) is 2.92. The topological polar surface area (TPSA) is 17.1 Å². The highest BCUT2D eigenvalue weighted by atomic mass is 35.5. The van der Waals surface area contributed by atoms with Crippen LogP contribution in [0, 0.1) is 0 Å². The third-order valence-corrected chi connectivity index (χ3v) is 3.77. The summed E-state index contributed by atoms with van der Waals surface area (Å²) in [6.07, 6.45) is 1.49. The minimum Gasteiger partial charge on any atom is -0.294 e. The van der Waals surface area contributed by atoms with Crippen molar-refractivity contribution in [2.45, 2.75) is 18.8 Å². The molecule has 0 aromatic heterocycles. The average molecular weight is 257 g/mol. The van der Waals surface area contributed by atoms with Gasteiger partial charge in [0.05, 0.1) is 0 Å². The third kappa shape index (κ3) is 2.06. The molecule has 1 aliphatic rings. The van der Waals surface area contributed by atoms with Gasteiger partial charge in [-0.3, -0.25) is 4.79 Å². The van der Waals surface area contributed by atoms with Crippen molar-refractivity contribution in [3.05, 3.63) is 70.2 Å². The zero-order chi connectivity index (χ0) is 12.5. The first-order valence-electron chi connectivity index (χ1n) is 6.10. The minimum absolute atomic E-state index is 0.224. The van der Waals surface area contributed by atoms with E-state index in [0.717, 1.165) is 17.5 Å². The first kappa shape index (κ1) is 11.5. The smallest absolute Gasteiger partial charge is 0.163 e. The first-order valence-corrected chi connectivity index (χ1v) is 6.48. The van der Waals surface area contributed by atoms with E-state index >= 15 is 0 Å². The highest BCUT2D eigenvalue weighted by Crippen LogP contribution is 2.33. The van der Waals surface area contributed by atoms with Gasteiger partial charge in [0.1, 0.15) is 0 Å². The largest absolute Gasteiger partial charge is 0.294 e. The molecule has 18 heavy (non-hydrogen) atoms. The number of ketones is 1. The molecule has 2 aromatic rings. The molecule has 0 heterocycles. The predicted octanol–water partition coefficient (Wildman–Crippen LogP) is 4.25. The number of halogens is 1. The maximum Gasteiger partial charge on any atom is 0.163 e. The normalized spacial score (nSPS) is 18.5. The number of carbonyl (C=O) groups is 1. The number of benzene rings is 2. The fourth-order valence-corrected chi connectivity index (χ4v) is 2.83. The maximum absolute atomic E-state index is 12.1. The van der Waals surface area contributed by atoms with Crippen molar-refractivity contribution in [2.75, 3.05) is 0 Å². The standard InChI is InChI=1S/C16H13ClO/c17-14-6-7-15-13(9-14)8-12(10-16(15)18)11-4-2-1-3-5-11/h1-7,9,12H,8,10H2. The Morgan fingerprint density at radius 3 is 2.56 bits per heavy atom. The van der Waals surface area contributed by atoms with Crippen LogP contribution in [0.2, 0.25) is 5.02 Å². The molecule has 0 N–H and O–H groups in total. The van der Waals surface area contributed by atoms with Crippen LogP contribution in [0.3, 0.4) is 0 Å². The van der Waals surface area contributed by atoms with E-state index < -0.39 is 0 Å². The Balaban J connectivity index is 1.98. The van der Waals surface area contributed by atoms with E-state index in [0.29, 0.717) is 11.4 Å². The molecule has 0 amide bonds. The molecule has 0 aliphatic heterocycles. The third-order valence-electron chi connectivity index (χ3n) is 3.54. The number of carbonyl (C=O) groups excluding carboxylic acids is 1. The van der Waals surface area contributed by atoms with Crippen molar-refractivity contribution in [2.24, 2.45) is 0 Å². The van der Waals surface area contributed by atoms with Crippen LogP contribution in [0.4, 0.5) is 0 Å². The second-order valence-corrected chi connectivity index (χ2v) is 5.18. The lowest BCUT2D eigenvalue weighted by molar-refractivity contribution is 0.0964. The van der Waals surface area contributed by atoms with Crippen LogP contribution < -0.4 is 0 Å². The number of hydrogen-bond donors (Lipinski definition) is 0. The second kappa shape index (κ2) is 4.58. The summed E-state index contributed by atoms with van der Waals surface area (Å²) < 4.78 is 0. The molecule has 1 nitrogen and oxygen atoms in total. The summed E-state index contributed by atoms with van der Waals surface area (Å²) in [4.78, 5) is 12.1.